The van der Waals surface area contributed by atoms with Gasteiger partial charge in [0.25, 0.3) is 0 Å². The summed E-state index contributed by atoms with van der Waals surface area (Å²) in [6.45, 7) is 4.92. The van der Waals surface area contributed by atoms with E-state index in [1.807, 2.05) is 0 Å². The van der Waals surface area contributed by atoms with Crippen molar-refractivity contribution in [1.82, 2.24) is 0 Å². The van der Waals surface area contributed by atoms with E-state index in [0.29, 0.717) is 17.1 Å². The molecule has 1 aromatic heterocycles. The fourth-order valence-electron chi connectivity index (χ4n) is 1.81. The van der Waals surface area contributed by atoms with Gasteiger partial charge in [-0.1, -0.05) is 11.6 Å². The van der Waals surface area contributed by atoms with Crippen LogP contribution in [0.25, 0.3) is 0 Å². The van der Waals surface area contributed by atoms with E-state index in [1.54, 1.807) is 29.5 Å². The molecular formula is C14H13ClN2S. The van der Waals surface area contributed by atoms with Gasteiger partial charge in [0.2, 0.25) is 0 Å². The zero-order valence-corrected chi connectivity index (χ0v) is 11.8. The third kappa shape index (κ3) is 2.84. The Bertz CT molecular complexity index is 611. The lowest BCUT2D eigenvalue weighted by Gasteiger charge is -2.08. The molecular weight excluding hydrogens is 264 g/mol. The highest BCUT2D eigenvalue weighted by Gasteiger charge is 2.05. The van der Waals surface area contributed by atoms with Crippen LogP contribution in [0.1, 0.15) is 20.9 Å². The molecule has 18 heavy (non-hydrogen) atoms. The van der Waals surface area contributed by atoms with Crippen molar-refractivity contribution in [1.29, 1.82) is 5.26 Å². The number of hydrogen-bond donors (Lipinski definition) is 1. The molecule has 2 rings (SSSR count). The molecule has 0 atom stereocenters. The standard InChI is InChI=1S/C14H13ClN2S/c1-9-5-12(10(2)18-9)8-17-14-6-13(15)4-3-11(14)7-16/h3-6,17H,8H2,1-2H3. The maximum Gasteiger partial charge on any atom is 0.101 e. The van der Waals surface area contributed by atoms with Crippen LogP contribution in [0, 0.1) is 25.2 Å². The van der Waals surface area contributed by atoms with Crippen molar-refractivity contribution in [2.45, 2.75) is 20.4 Å². The number of anilines is 1. The Balaban J connectivity index is 2.18. The summed E-state index contributed by atoms with van der Waals surface area (Å²) in [6.07, 6.45) is 0. The molecule has 1 heterocycles. The molecule has 0 saturated heterocycles. The van der Waals surface area contributed by atoms with Gasteiger partial charge in [-0.05, 0) is 43.7 Å². The minimum atomic E-state index is 0.615. The van der Waals surface area contributed by atoms with Crippen LogP contribution in [-0.2, 0) is 6.54 Å². The molecule has 0 bridgehead atoms. The van der Waals surface area contributed by atoms with Crippen molar-refractivity contribution in [2.24, 2.45) is 0 Å². The van der Waals surface area contributed by atoms with Gasteiger partial charge in [-0.25, -0.2) is 0 Å². The lowest BCUT2D eigenvalue weighted by molar-refractivity contribution is 1.14. The molecule has 1 aromatic carbocycles. The number of hydrogen-bond acceptors (Lipinski definition) is 3. The van der Waals surface area contributed by atoms with Crippen LogP contribution in [-0.4, -0.2) is 0 Å². The highest BCUT2D eigenvalue weighted by Crippen LogP contribution is 2.24. The maximum absolute atomic E-state index is 9.03. The molecule has 4 heteroatoms. The number of halogens is 1. The van der Waals surface area contributed by atoms with Gasteiger partial charge in [0.1, 0.15) is 6.07 Å². The summed E-state index contributed by atoms with van der Waals surface area (Å²) in [6, 6.07) is 9.58. The van der Waals surface area contributed by atoms with E-state index < -0.39 is 0 Å². The zero-order chi connectivity index (χ0) is 13.1. The summed E-state index contributed by atoms with van der Waals surface area (Å²) in [5, 5.41) is 12.9. The van der Waals surface area contributed by atoms with Crippen LogP contribution in [0.5, 0.6) is 0 Å². The van der Waals surface area contributed by atoms with Crippen LogP contribution in [0.2, 0.25) is 5.02 Å². The van der Waals surface area contributed by atoms with Gasteiger partial charge in [-0.2, -0.15) is 5.26 Å². The molecule has 1 N–H and O–H groups in total. The fraction of sp³-hybridized carbons (Fsp3) is 0.214. The maximum atomic E-state index is 9.03. The molecule has 0 spiro atoms. The Morgan fingerprint density at radius 3 is 2.72 bits per heavy atom. The summed E-state index contributed by atoms with van der Waals surface area (Å²) < 4.78 is 0. The minimum absolute atomic E-state index is 0.615. The smallest absolute Gasteiger partial charge is 0.101 e. The predicted octanol–water partition coefficient (Wildman–Crippen LogP) is 4.50. The highest BCUT2D eigenvalue weighted by atomic mass is 35.5. The van der Waals surface area contributed by atoms with E-state index >= 15 is 0 Å². The first-order valence-electron chi connectivity index (χ1n) is 5.59. The molecule has 92 valence electrons. The molecule has 0 radical (unpaired) electrons. The second-order valence-electron chi connectivity index (χ2n) is 4.09. The largest absolute Gasteiger partial charge is 0.380 e. The van der Waals surface area contributed by atoms with Crippen molar-refractivity contribution in [3.8, 4) is 6.07 Å². The average molecular weight is 277 g/mol. The van der Waals surface area contributed by atoms with Gasteiger partial charge in [0.15, 0.2) is 0 Å². The Morgan fingerprint density at radius 1 is 1.33 bits per heavy atom. The first kappa shape index (κ1) is 12.9. The second kappa shape index (κ2) is 5.43. The first-order chi connectivity index (χ1) is 8.60. The summed E-state index contributed by atoms with van der Waals surface area (Å²) in [4.78, 5) is 2.61. The minimum Gasteiger partial charge on any atom is -0.380 e. The lowest BCUT2D eigenvalue weighted by atomic mass is 10.2. The van der Waals surface area contributed by atoms with Crippen molar-refractivity contribution in [2.75, 3.05) is 5.32 Å². The number of rotatable bonds is 3. The van der Waals surface area contributed by atoms with Gasteiger partial charge in [-0.3, -0.25) is 0 Å². The van der Waals surface area contributed by atoms with E-state index in [9.17, 15) is 0 Å². The topological polar surface area (TPSA) is 35.8 Å². The van der Waals surface area contributed by atoms with E-state index in [2.05, 4.69) is 31.3 Å². The van der Waals surface area contributed by atoms with Gasteiger partial charge >= 0.3 is 0 Å². The van der Waals surface area contributed by atoms with Crippen molar-refractivity contribution < 1.29 is 0 Å². The number of nitrogens with zero attached hydrogens (tertiary/aromatic N) is 1. The molecule has 0 amide bonds. The number of aryl methyl sites for hydroxylation is 2. The fourth-order valence-corrected chi connectivity index (χ4v) is 2.93. The SMILES string of the molecule is Cc1cc(CNc2cc(Cl)ccc2C#N)c(C)s1. The zero-order valence-electron chi connectivity index (χ0n) is 10.2. The summed E-state index contributed by atoms with van der Waals surface area (Å²) in [5.41, 5.74) is 2.67. The molecule has 0 saturated carbocycles. The van der Waals surface area contributed by atoms with Crippen LogP contribution >= 0.6 is 22.9 Å². The van der Waals surface area contributed by atoms with E-state index in [1.165, 1.54) is 15.3 Å². The third-order valence-electron chi connectivity index (χ3n) is 2.72. The molecule has 0 aliphatic rings. The Morgan fingerprint density at radius 2 is 2.11 bits per heavy atom. The third-order valence-corrected chi connectivity index (χ3v) is 3.96. The van der Waals surface area contributed by atoms with Crippen molar-refractivity contribution >= 4 is 28.6 Å². The summed E-state index contributed by atoms with van der Waals surface area (Å²) >= 11 is 7.73. The number of nitriles is 1. The molecule has 2 aromatic rings. The van der Waals surface area contributed by atoms with Gasteiger partial charge in [-0.15, -0.1) is 11.3 Å². The Labute approximate surface area is 116 Å². The molecule has 2 nitrogen and oxygen atoms in total. The van der Waals surface area contributed by atoms with E-state index in [-0.39, 0.29) is 0 Å². The normalized spacial score (nSPS) is 10.1. The average Bonchev–Trinajstić information content (AvgIpc) is 2.65. The monoisotopic (exact) mass is 276 g/mol. The molecule has 0 aliphatic heterocycles. The number of benzene rings is 1. The molecule has 0 aliphatic carbocycles. The van der Waals surface area contributed by atoms with Crippen LogP contribution in [0.15, 0.2) is 24.3 Å². The van der Waals surface area contributed by atoms with E-state index in [4.69, 9.17) is 16.9 Å². The van der Waals surface area contributed by atoms with Crippen LogP contribution in [0.4, 0.5) is 5.69 Å². The van der Waals surface area contributed by atoms with Crippen LogP contribution in [0.3, 0.4) is 0 Å². The Hall–Kier alpha value is -1.50. The van der Waals surface area contributed by atoms with E-state index in [0.717, 1.165) is 5.69 Å². The Kier molecular flexibility index (Phi) is 3.90. The molecule has 0 fully saturated rings. The quantitative estimate of drug-likeness (QED) is 0.896. The van der Waals surface area contributed by atoms with Gasteiger partial charge < -0.3 is 5.32 Å². The van der Waals surface area contributed by atoms with Gasteiger partial charge in [0.05, 0.1) is 11.3 Å². The molecule has 0 unspecified atom stereocenters. The highest BCUT2D eigenvalue weighted by molar-refractivity contribution is 7.12. The number of nitrogens with one attached hydrogen (secondary N) is 1. The van der Waals surface area contributed by atoms with Crippen LogP contribution < -0.4 is 5.32 Å². The summed E-state index contributed by atoms with van der Waals surface area (Å²) in [7, 11) is 0. The summed E-state index contributed by atoms with van der Waals surface area (Å²) in [5.74, 6) is 0. The van der Waals surface area contributed by atoms with Gasteiger partial charge in [0, 0.05) is 21.3 Å². The second-order valence-corrected chi connectivity index (χ2v) is 5.99. The van der Waals surface area contributed by atoms with Crippen molar-refractivity contribution in [3.05, 3.63) is 50.2 Å². The van der Waals surface area contributed by atoms with Crippen molar-refractivity contribution in [3.63, 3.8) is 0 Å². The first-order valence-corrected chi connectivity index (χ1v) is 6.79. The lowest BCUT2D eigenvalue weighted by Crippen LogP contribution is -2.01. The predicted molar refractivity (Wildman–Crippen MR) is 77.3 cm³/mol. The number of thiophene rings is 1.